The third kappa shape index (κ3) is 3.07. The molecule has 0 aromatic heterocycles. The quantitative estimate of drug-likeness (QED) is 0.636. The van der Waals surface area contributed by atoms with Crippen molar-refractivity contribution in [2.24, 2.45) is 0 Å². The van der Waals surface area contributed by atoms with Gasteiger partial charge in [-0.1, -0.05) is 83.1 Å². The Labute approximate surface area is 117 Å². The van der Waals surface area contributed by atoms with Gasteiger partial charge in [0.15, 0.2) is 0 Å². The second kappa shape index (κ2) is 5.21. The zero-order valence-electron chi connectivity index (χ0n) is 12.7. The Morgan fingerprint density at radius 3 is 1.95 bits per heavy atom. The maximum absolute atomic E-state index is 2.37. The van der Waals surface area contributed by atoms with E-state index in [2.05, 4.69) is 83.1 Å². The molecule has 2 rings (SSSR count). The van der Waals surface area contributed by atoms with Crippen molar-refractivity contribution < 1.29 is 0 Å². The van der Waals surface area contributed by atoms with Crippen LogP contribution < -0.4 is 0 Å². The van der Waals surface area contributed by atoms with Crippen LogP contribution in [0.5, 0.6) is 0 Å². The standard InChI is InChI=1S/C19H24/c1-14(2)17-12-11-16(13-18(17)19(3,4)5)15-9-7-6-8-10-15/h6-14H,1-5H3. The largest absolute Gasteiger partial charge is 0.0622 e. The van der Waals surface area contributed by atoms with Gasteiger partial charge in [0, 0.05) is 0 Å². The van der Waals surface area contributed by atoms with Crippen LogP contribution in [0.25, 0.3) is 11.1 Å². The molecule has 0 bridgehead atoms. The van der Waals surface area contributed by atoms with Gasteiger partial charge >= 0.3 is 0 Å². The van der Waals surface area contributed by atoms with E-state index in [0.717, 1.165) is 0 Å². The molecule has 2 aromatic carbocycles. The van der Waals surface area contributed by atoms with Gasteiger partial charge in [-0.25, -0.2) is 0 Å². The predicted octanol–water partition coefficient (Wildman–Crippen LogP) is 5.77. The molecule has 0 fully saturated rings. The zero-order valence-corrected chi connectivity index (χ0v) is 12.7. The molecular weight excluding hydrogens is 228 g/mol. The zero-order chi connectivity index (χ0) is 14.0. The van der Waals surface area contributed by atoms with Gasteiger partial charge in [-0.15, -0.1) is 0 Å². The summed E-state index contributed by atoms with van der Waals surface area (Å²) in [5.41, 5.74) is 5.72. The van der Waals surface area contributed by atoms with E-state index >= 15 is 0 Å². The maximum Gasteiger partial charge on any atom is -0.0129 e. The monoisotopic (exact) mass is 252 g/mol. The molecule has 0 saturated heterocycles. The maximum atomic E-state index is 2.37. The summed E-state index contributed by atoms with van der Waals surface area (Å²) < 4.78 is 0. The van der Waals surface area contributed by atoms with E-state index < -0.39 is 0 Å². The predicted molar refractivity (Wildman–Crippen MR) is 84.7 cm³/mol. The normalized spacial score (nSPS) is 11.9. The SMILES string of the molecule is CC(C)c1ccc(-c2ccccc2)cc1C(C)(C)C. The first-order valence-electron chi connectivity index (χ1n) is 7.09. The van der Waals surface area contributed by atoms with E-state index in [1.54, 1.807) is 0 Å². The van der Waals surface area contributed by atoms with Gasteiger partial charge in [-0.05, 0) is 33.6 Å². The Morgan fingerprint density at radius 2 is 1.42 bits per heavy atom. The number of rotatable bonds is 2. The van der Waals surface area contributed by atoms with Crippen LogP contribution in [0, 0.1) is 0 Å². The molecule has 0 heteroatoms. The fourth-order valence-electron chi connectivity index (χ4n) is 2.52. The van der Waals surface area contributed by atoms with Gasteiger partial charge in [-0.2, -0.15) is 0 Å². The summed E-state index contributed by atoms with van der Waals surface area (Å²) in [5, 5.41) is 0. The van der Waals surface area contributed by atoms with Crippen LogP contribution in [-0.4, -0.2) is 0 Å². The smallest absolute Gasteiger partial charge is 0.0129 e. The van der Waals surface area contributed by atoms with Crippen LogP contribution in [0.2, 0.25) is 0 Å². The van der Waals surface area contributed by atoms with Crippen LogP contribution in [0.15, 0.2) is 48.5 Å². The van der Waals surface area contributed by atoms with Gasteiger partial charge in [0.2, 0.25) is 0 Å². The molecule has 100 valence electrons. The highest BCUT2D eigenvalue weighted by atomic mass is 14.2. The Kier molecular flexibility index (Phi) is 3.80. The molecular formula is C19H24. The lowest BCUT2D eigenvalue weighted by atomic mass is 9.79. The first kappa shape index (κ1) is 13.9. The lowest BCUT2D eigenvalue weighted by Crippen LogP contribution is -2.15. The van der Waals surface area contributed by atoms with Crippen LogP contribution in [0.1, 0.15) is 51.7 Å². The van der Waals surface area contributed by atoms with E-state index in [1.165, 1.54) is 22.3 Å². The second-order valence-corrected chi connectivity index (χ2v) is 6.57. The molecule has 0 spiro atoms. The summed E-state index contributed by atoms with van der Waals surface area (Å²) in [6, 6.07) is 17.5. The molecule has 19 heavy (non-hydrogen) atoms. The molecule has 0 radical (unpaired) electrons. The highest BCUT2D eigenvalue weighted by Crippen LogP contribution is 2.34. The van der Waals surface area contributed by atoms with E-state index in [-0.39, 0.29) is 5.41 Å². The van der Waals surface area contributed by atoms with Gasteiger partial charge in [0.05, 0.1) is 0 Å². The van der Waals surface area contributed by atoms with Gasteiger partial charge in [0.1, 0.15) is 0 Å². The van der Waals surface area contributed by atoms with Crippen molar-refractivity contribution in [3.05, 3.63) is 59.7 Å². The summed E-state index contributed by atoms with van der Waals surface area (Å²) in [6.45, 7) is 11.4. The molecule has 0 nitrogen and oxygen atoms in total. The minimum Gasteiger partial charge on any atom is -0.0622 e. The number of hydrogen-bond acceptors (Lipinski definition) is 0. The Balaban J connectivity index is 2.57. The second-order valence-electron chi connectivity index (χ2n) is 6.57. The molecule has 0 aliphatic carbocycles. The Morgan fingerprint density at radius 1 is 0.789 bits per heavy atom. The van der Waals surface area contributed by atoms with Crippen molar-refractivity contribution in [1.29, 1.82) is 0 Å². The molecule has 0 aliphatic rings. The molecule has 0 saturated carbocycles. The van der Waals surface area contributed by atoms with Crippen molar-refractivity contribution in [3.63, 3.8) is 0 Å². The number of hydrogen-bond donors (Lipinski definition) is 0. The molecule has 0 heterocycles. The van der Waals surface area contributed by atoms with Crippen LogP contribution in [0.3, 0.4) is 0 Å². The van der Waals surface area contributed by atoms with Crippen molar-refractivity contribution >= 4 is 0 Å². The summed E-state index contributed by atoms with van der Waals surface area (Å²) in [7, 11) is 0. The van der Waals surface area contributed by atoms with Gasteiger partial charge in [0.25, 0.3) is 0 Å². The van der Waals surface area contributed by atoms with Crippen LogP contribution in [-0.2, 0) is 5.41 Å². The van der Waals surface area contributed by atoms with Gasteiger partial charge in [-0.3, -0.25) is 0 Å². The van der Waals surface area contributed by atoms with E-state index in [0.29, 0.717) is 5.92 Å². The summed E-state index contributed by atoms with van der Waals surface area (Å²) >= 11 is 0. The van der Waals surface area contributed by atoms with Crippen molar-refractivity contribution in [2.45, 2.75) is 46.0 Å². The van der Waals surface area contributed by atoms with E-state index in [1.807, 2.05) is 0 Å². The molecule has 2 aromatic rings. The molecule has 0 atom stereocenters. The first-order valence-corrected chi connectivity index (χ1v) is 7.09. The van der Waals surface area contributed by atoms with Crippen molar-refractivity contribution in [2.75, 3.05) is 0 Å². The van der Waals surface area contributed by atoms with Crippen LogP contribution in [0.4, 0.5) is 0 Å². The third-order valence-electron chi connectivity index (χ3n) is 3.59. The Hall–Kier alpha value is -1.56. The third-order valence-corrected chi connectivity index (χ3v) is 3.59. The van der Waals surface area contributed by atoms with Crippen molar-refractivity contribution in [3.8, 4) is 11.1 Å². The summed E-state index contributed by atoms with van der Waals surface area (Å²) in [5.74, 6) is 0.569. The fraction of sp³-hybridized carbons (Fsp3) is 0.368. The van der Waals surface area contributed by atoms with Gasteiger partial charge < -0.3 is 0 Å². The van der Waals surface area contributed by atoms with Crippen molar-refractivity contribution in [1.82, 2.24) is 0 Å². The van der Waals surface area contributed by atoms with Crippen LogP contribution >= 0.6 is 0 Å². The first-order chi connectivity index (χ1) is 8.89. The number of benzene rings is 2. The lowest BCUT2D eigenvalue weighted by molar-refractivity contribution is 0.577. The topological polar surface area (TPSA) is 0 Å². The fourth-order valence-corrected chi connectivity index (χ4v) is 2.52. The highest BCUT2D eigenvalue weighted by Gasteiger charge is 2.20. The average molecular weight is 252 g/mol. The summed E-state index contributed by atoms with van der Waals surface area (Å²) in [6.07, 6.45) is 0. The summed E-state index contributed by atoms with van der Waals surface area (Å²) in [4.78, 5) is 0. The van der Waals surface area contributed by atoms with E-state index in [9.17, 15) is 0 Å². The molecule has 0 amide bonds. The minimum atomic E-state index is 0.185. The average Bonchev–Trinajstić information content (AvgIpc) is 2.38. The molecule has 0 N–H and O–H groups in total. The molecule has 0 aliphatic heterocycles. The van der Waals surface area contributed by atoms with E-state index in [4.69, 9.17) is 0 Å². The highest BCUT2D eigenvalue weighted by molar-refractivity contribution is 5.65. The Bertz CT molecular complexity index is 542. The molecule has 0 unspecified atom stereocenters. The minimum absolute atomic E-state index is 0.185. The lowest BCUT2D eigenvalue weighted by Gasteiger charge is -2.25.